The highest BCUT2D eigenvalue weighted by molar-refractivity contribution is 9.10. The minimum absolute atomic E-state index is 0.617. The van der Waals surface area contributed by atoms with Crippen LogP contribution in [-0.2, 0) is 5.67 Å². The van der Waals surface area contributed by atoms with E-state index in [-0.39, 0.29) is 0 Å². The van der Waals surface area contributed by atoms with Gasteiger partial charge < -0.3 is 0 Å². The Balaban J connectivity index is 2.53. The fraction of sp³-hybridized carbons (Fsp3) is 0.400. The first kappa shape index (κ1) is 9.53. The third-order valence-electron chi connectivity index (χ3n) is 2.33. The number of hydrogen-bond donors (Lipinski definition) is 0. The maximum absolute atomic E-state index is 14.0. The Hall–Kier alpha value is -0.0200. The molecule has 0 bridgehead atoms. The van der Waals surface area contributed by atoms with Crippen molar-refractivity contribution < 1.29 is 4.39 Å². The second-order valence-electron chi connectivity index (χ2n) is 3.44. The second kappa shape index (κ2) is 3.28. The molecule has 1 unspecified atom stereocenters. The molecule has 0 spiro atoms. The van der Waals surface area contributed by atoms with Crippen molar-refractivity contribution in [2.24, 2.45) is 0 Å². The summed E-state index contributed by atoms with van der Waals surface area (Å²) in [5.41, 5.74) is -0.298. The van der Waals surface area contributed by atoms with E-state index in [4.69, 9.17) is 0 Å². The summed E-state index contributed by atoms with van der Waals surface area (Å²) in [6.07, 6.45) is 0.617. The average molecular weight is 261 g/mol. The van der Waals surface area contributed by atoms with Crippen molar-refractivity contribution in [2.75, 3.05) is 5.75 Å². The van der Waals surface area contributed by atoms with Gasteiger partial charge in [0.2, 0.25) is 0 Å². The highest BCUT2D eigenvalue weighted by Crippen LogP contribution is 2.43. The Morgan fingerprint density at radius 1 is 1.54 bits per heavy atom. The Morgan fingerprint density at radius 3 is 3.08 bits per heavy atom. The highest BCUT2D eigenvalue weighted by atomic mass is 79.9. The van der Waals surface area contributed by atoms with Crippen LogP contribution < -0.4 is 0 Å². The van der Waals surface area contributed by atoms with Crippen molar-refractivity contribution in [1.29, 1.82) is 0 Å². The van der Waals surface area contributed by atoms with E-state index in [1.807, 2.05) is 18.2 Å². The lowest BCUT2D eigenvalue weighted by molar-refractivity contribution is 0.180. The Labute approximate surface area is 90.0 Å². The highest BCUT2D eigenvalue weighted by Gasteiger charge is 2.31. The number of alkyl halides is 1. The minimum atomic E-state index is -1.14. The van der Waals surface area contributed by atoms with Gasteiger partial charge in [-0.25, -0.2) is 4.39 Å². The van der Waals surface area contributed by atoms with Crippen molar-refractivity contribution in [3.63, 3.8) is 0 Å². The Kier molecular flexibility index (Phi) is 2.41. The predicted molar refractivity (Wildman–Crippen MR) is 57.9 cm³/mol. The molecule has 1 aromatic carbocycles. The first-order valence-electron chi connectivity index (χ1n) is 4.21. The molecule has 0 saturated carbocycles. The molecule has 0 radical (unpaired) electrons. The summed E-state index contributed by atoms with van der Waals surface area (Å²) in [5.74, 6) is 0.871. The first-order valence-corrected chi connectivity index (χ1v) is 5.99. The summed E-state index contributed by atoms with van der Waals surface area (Å²) in [4.78, 5) is 1.07. The monoisotopic (exact) mass is 260 g/mol. The van der Waals surface area contributed by atoms with E-state index in [0.29, 0.717) is 6.42 Å². The van der Waals surface area contributed by atoms with E-state index in [0.717, 1.165) is 20.7 Å². The standard InChI is InChI=1S/C10H10BrFS/c1-10(12)4-5-13-9-6-7(11)2-3-8(9)10/h2-3,6H,4-5H2,1H3. The van der Waals surface area contributed by atoms with E-state index in [1.165, 1.54) is 0 Å². The van der Waals surface area contributed by atoms with Gasteiger partial charge in [0, 0.05) is 20.7 Å². The molecule has 1 aliphatic heterocycles. The van der Waals surface area contributed by atoms with Crippen LogP contribution in [0.25, 0.3) is 0 Å². The summed E-state index contributed by atoms with van der Waals surface area (Å²) in [6, 6.07) is 5.78. The lowest BCUT2D eigenvalue weighted by atomic mass is 9.95. The van der Waals surface area contributed by atoms with Crippen LogP contribution in [0.4, 0.5) is 4.39 Å². The fourth-order valence-corrected chi connectivity index (χ4v) is 3.40. The Morgan fingerprint density at radius 2 is 2.31 bits per heavy atom. The molecule has 70 valence electrons. The molecule has 13 heavy (non-hydrogen) atoms. The molecule has 1 heterocycles. The zero-order valence-corrected chi connectivity index (χ0v) is 9.71. The predicted octanol–water partition coefficient (Wildman–Crippen LogP) is 4.13. The van der Waals surface area contributed by atoms with Crippen LogP contribution in [-0.4, -0.2) is 5.75 Å². The molecule has 1 aromatic rings. The molecular formula is C10H10BrFS. The summed E-state index contributed by atoms with van der Waals surface area (Å²) in [6.45, 7) is 1.67. The van der Waals surface area contributed by atoms with Crippen LogP contribution in [0.5, 0.6) is 0 Å². The maximum atomic E-state index is 14.0. The largest absolute Gasteiger partial charge is 0.239 e. The molecular weight excluding hydrogens is 251 g/mol. The third kappa shape index (κ3) is 1.77. The van der Waals surface area contributed by atoms with Gasteiger partial charge in [-0.3, -0.25) is 0 Å². The quantitative estimate of drug-likeness (QED) is 0.676. The van der Waals surface area contributed by atoms with E-state index >= 15 is 0 Å². The van der Waals surface area contributed by atoms with Crippen LogP contribution in [0.1, 0.15) is 18.9 Å². The van der Waals surface area contributed by atoms with Gasteiger partial charge in [0.05, 0.1) is 0 Å². The lowest BCUT2D eigenvalue weighted by Crippen LogP contribution is -2.20. The van der Waals surface area contributed by atoms with E-state index in [1.54, 1.807) is 18.7 Å². The SMILES string of the molecule is CC1(F)CCSc2cc(Br)ccc21. The fourth-order valence-electron chi connectivity index (χ4n) is 1.53. The van der Waals surface area contributed by atoms with E-state index < -0.39 is 5.67 Å². The molecule has 0 fully saturated rings. The zero-order valence-electron chi connectivity index (χ0n) is 7.31. The number of thioether (sulfide) groups is 1. The van der Waals surface area contributed by atoms with E-state index in [9.17, 15) is 4.39 Å². The molecule has 1 aliphatic rings. The number of rotatable bonds is 0. The number of halogens is 2. The maximum Gasteiger partial charge on any atom is 0.135 e. The smallest absolute Gasteiger partial charge is 0.135 e. The summed E-state index contributed by atoms with van der Waals surface area (Å²) >= 11 is 5.13. The summed E-state index contributed by atoms with van der Waals surface area (Å²) < 4.78 is 15.0. The number of hydrogen-bond acceptors (Lipinski definition) is 1. The van der Waals surface area contributed by atoms with Gasteiger partial charge in [-0.15, -0.1) is 11.8 Å². The molecule has 0 amide bonds. The molecule has 0 aromatic heterocycles. The molecule has 3 heteroatoms. The van der Waals surface area contributed by atoms with Gasteiger partial charge >= 0.3 is 0 Å². The molecule has 0 N–H and O–H groups in total. The van der Waals surface area contributed by atoms with Gasteiger partial charge in [-0.05, 0) is 25.5 Å². The van der Waals surface area contributed by atoms with Crippen LogP contribution in [0.3, 0.4) is 0 Å². The van der Waals surface area contributed by atoms with Gasteiger partial charge in [0.1, 0.15) is 5.67 Å². The van der Waals surface area contributed by atoms with Gasteiger partial charge in [0.15, 0.2) is 0 Å². The summed E-state index contributed by atoms with van der Waals surface area (Å²) in [5, 5.41) is 0. The molecule has 0 nitrogen and oxygen atoms in total. The van der Waals surface area contributed by atoms with Gasteiger partial charge in [0.25, 0.3) is 0 Å². The Bertz CT molecular complexity index is 336. The van der Waals surface area contributed by atoms with Crippen molar-refractivity contribution in [2.45, 2.75) is 23.9 Å². The average Bonchev–Trinajstić information content (AvgIpc) is 2.02. The number of benzene rings is 1. The minimum Gasteiger partial charge on any atom is -0.239 e. The van der Waals surface area contributed by atoms with Crippen molar-refractivity contribution in [3.8, 4) is 0 Å². The first-order chi connectivity index (χ1) is 6.09. The topological polar surface area (TPSA) is 0 Å². The second-order valence-corrected chi connectivity index (χ2v) is 5.49. The van der Waals surface area contributed by atoms with Crippen LogP contribution in [0.15, 0.2) is 27.6 Å². The van der Waals surface area contributed by atoms with Crippen molar-refractivity contribution in [1.82, 2.24) is 0 Å². The number of fused-ring (bicyclic) bond motifs is 1. The van der Waals surface area contributed by atoms with Crippen LogP contribution in [0.2, 0.25) is 0 Å². The normalized spacial score (nSPS) is 27.0. The molecule has 0 aliphatic carbocycles. The van der Waals surface area contributed by atoms with Gasteiger partial charge in [-0.2, -0.15) is 0 Å². The van der Waals surface area contributed by atoms with Gasteiger partial charge in [-0.1, -0.05) is 22.0 Å². The molecule has 0 saturated heterocycles. The lowest BCUT2D eigenvalue weighted by Gasteiger charge is -2.28. The van der Waals surface area contributed by atoms with E-state index in [2.05, 4.69) is 15.9 Å². The molecule has 1 atom stereocenters. The zero-order chi connectivity index (χ0) is 9.47. The van der Waals surface area contributed by atoms with Crippen LogP contribution >= 0.6 is 27.7 Å². The van der Waals surface area contributed by atoms with Crippen LogP contribution in [0, 0.1) is 0 Å². The van der Waals surface area contributed by atoms with Crippen molar-refractivity contribution in [3.05, 3.63) is 28.2 Å². The molecule has 2 rings (SSSR count). The third-order valence-corrected chi connectivity index (χ3v) is 3.88. The summed E-state index contributed by atoms with van der Waals surface area (Å²) in [7, 11) is 0. The van der Waals surface area contributed by atoms with Crippen molar-refractivity contribution >= 4 is 27.7 Å².